The smallest absolute Gasteiger partial charge is 0.281 e. The van der Waals surface area contributed by atoms with Crippen molar-refractivity contribution < 1.29 is 8.42 Å². The third-order valence-electron chi connectivity index (χ3n) is 2.88. The number of nitrogens with zero attached hydrogens (tertiary/aromatic N) is 2. The van der Waals surface area contributed by atoms with Crippen LogP contribution in [0, 0.1) is 6.92 Å². The van der Waals surface area contributed by atoms with E-state index < -0.39 is 10.0 Å². The molecule has 0 atom stereocenters. The number of rotatable bonds is 4. The van der Waals surface area contributed by atoms with Gasteiger partial charge in [0.15, 0.2) is 5.03 Å². The number of aromatic amines is 1. The van der Waals surface area contributed by atoms with E-state index in [0.717, 1.165) is 5.56 Å². The zero-order valence-corrected chi connectivity index (χ0v) is 11.6. The predicted octanol–water partition coefficient (Wildman–Crippen LogP) is 1.00. The van der Waals surface area contributed by atoms with E-state index in [-0.39, 0.29) is 11.6 Å². The Morgan fingerprint density at radius 3 is 2.79 bits per heavy atom. The molecule has 19 heavy (non-hydrogen) atoms. The molecule has 0 bridgehead atoms. The summed E-state index contributed by atoms with van der Waals surface area (Å²) in [5.41, 5.74) is 7.57. The highest BCUT2D eigenvalue weighted by Crippen LogP contribution is 2.23. The lowest BCUT2D eigenvalue weighted by Gasteiger charge is -2.19. The molecule has 0 aliphatic heterocycles. The molecule has 102 valence electrons. The van der Waals surface area contributed by atoms with Gasteiger partial charge in [-0.05, 0) is 24.6 Å². The van der Waals surface area contributed by atoms with Crippen molar-refractivity contribution in [3.63, 3.8) is 0 Å². The first-order valence-electron chi connectivity index (χ1n) is 5.74. The summed E-state index contributed by atoms with van der Waals surface area (Å²) >= 11 is 0. The first-order chi connectivity index (χ1) is 8.96. The highest BCUT2D eigenvalue weighted by atomic mass is 32.2. The Balaban J connectivity index is 2.45. The molecular weight excluding hydrogens is 264 g/mol. The average Bonchev–Trinajstić information content (AvgIpc) is 2.86. The minimum Gasteiger partial charge on any atom is -0.326 e. The summed E-state index contributed by atoms with van der Waals surface area (Å²) < 4.78 is 26.2. The molecule has 0 saturated carbocycles. The van der Waals surface area contributed by atoms with Gasteiger partial charge in [-0.2, -0.15) is 13.5 Å². The molecular formula is C12H16N4O2S. The van der Waals surface area contributed by atoms with Gasteiger partial charge in [-0.1, -0.05) is 12.1 Å². The topological polar surface area (TPSA) is 92.1 Å². The first kappa shape index (κ1) is 13.6. The fourth-order valence-electron chi connectivity index (χ4n) is 1.77. The van der Waals surface area contributed by atoms with E-state index in [1.54, 1.807) is 12.1 Å². The largest absolute Gasteiger partial charge is 0.326 e. The molecule has 0 radical (unpaired) electrons. The zero-order chi connectivity index (χ0) is 14.0. The molecule has 0 amide bonds. The van der Waals surface area contributed by atoms with Gasteiger partial charge in [0.1, 0.15) is 0 Å². The summed E-state index contributed by atoms with van der Waals surface area (Å²) in [6.45, 7) is 2.03. The predicted molar refractivity (Wildman–Crippen MR) is 73.2 cm³/mol. The highest BCUT2D eigenvalue weighted by molar-refractivity contribution is 7.92. The molecule has 1 aromatic heterocycles. The van der Waals surface area contributed by atoms with Crippen molar-refractivity contribution in [3.05, 3.63) is 41.6 Å². The van der Waals surface area contributed by atoms with Crippen LogP contribution >= 0.6 is 0 Å². The van der Waals surface area contributed by atoms with Crippen molar-refractivity contribution in [1.82, 2.24) is 10.2 Å². The highest BCUT2D eigenvalue weighted by Gasteiger charge is 2.25. The summed E-state index contributed by atoms with van der Waals surface area (Å²) in [5.74, 6) is 0. The van der Waals surface area contributed by atoms with Gasteiger partial charge in [0.2, 0.25) is 0 Å². The van der Waals surface area contributed by atoms with Crippen LogP contribution in [0.2, 0.25) is 0 Å². The molecule has 7 heteroatoms. The Morgan fingerprint density at radius 1 is 1.42 bits per heavy atom. The molecule has 0 aliphatic rings. The second kappa shape index (κ2) is 5.02. The molecule has 6 nitrogen and oxygen atoms in total. The Bertz CT molecular complexity index is 679. The lowest BCUT2D eigenvalue weighted by molar-refractivity contribution is 0.589. The molecule has 0 unspecified atom stereocenters. The maximum atomic E-state index is 12.5. The minimum atomic E-state index is -3.67. The molecule has 0 spiro atoms. The standard InChI is InChI=1S/C12H16N4O2S/c1-9-4-3-5-11(6-9)16(2)19(17,18)12-10(7-13)8-14-15-12/h3-6,8H,7,13H2,1-2H3,(H,14,15). The molecule has 1 heterocycles. The van der Waals surface area contributed by atoms with Crippen LogP contribution in [-0.2, 0) is 16.6 Å². The molecule has 0 fully saturated rings. The average molecular weight is 280 g/mol. The van der Waals surface area contributed by atoms with E-state index in [9.17, 15) is 8.42 Å². The monoisotopic (exact) mass is 280 g/mol. The minimum absolute atomic E-state index is 0.0407. The summed E-state index contributed by atoms with van der Waals surface area (Å²) in [4.78, 5) is 0. The van der Waals surface area contributed by atoms with Gasteiger partial charge in [-0.3, -0.25) is 9.40 Å². The number of H-pyrrole nitrogens is 1. The maximum Gasteiger partial charge on any atom is 0.281 e. The molecule has 0 saturated heterocycles. The second-order valence-corrected chi connectivity index (χ2v) is 6.15. The number of aryl methyl sites for hydroxylation is 1. The van der Waals surface area contributed by atoms with Gasteiger partial charge in [0, 0.05) is 19.2 Å². The van der Waals surface area contributed by atoms with E-state index in [4.69, 9.17) is 5.73 Å². The summed E-state index contributed by atoms with van der Waals surface area (Å²) in [7, 11) is -2.17. The molecule has 1 aromatic carbocycles. The zero-order valence-electron chi connectivity index (χ0n) is 10.8. The summed E-state index contributed by atoms with van der Waals surface area (Å²) in [6, 6.07) is 7.26. The molecule has 2 rings (SSSR count). The fourth-order valence-corrected chi connectivity index (χ4v) is 3.07. The van der Waals surface area contributed by atoms with E-state index in [1.165, 1.54) is 17.5 Å². The SMILES string of the molecule is Cc1cccc(N(C)S(=O)(=O)c2[nH]ncc2CN)c1. The number of nitrogens with one attached hydrogen (secondary N) is 1. The third kappa shape index (κ3) is 2.47. The van der Waals surface area contributed by atoms with E-state index in [1.807, 2.05) is 19.1 Å². The molecule has 0 aliphatic carbocycles. The number of anilines is 1. The van der Waals surface area contributed by atoms with Crippen LogP contribution in [0.5, 0.6) is 0 Å². The van der Waals surface area contributed by atoms with E-state index in [0.29, 0.717) is 11.3 Å². The van der Waals surface area contributed by atoms with Crippen LogP contribution < -0.4 is 10.0 Å². The van der Waals surface area contributed by atoms with Gasteiger partial charge < -0.3 is 5.73 Å². The Kier molecular flexibility index (Phi) is 3.59. The molecule has 2 aromatic rings. The van der Waals surface area contributed by atoms with Crippen LogP contribution in [0.3, 0.4) is 0 Å². The Hall–Kier alpha value is -1.86. The van der Waals surface area contributed by atoms with Crippen molar-refractivity contribution in [2.45, 2.75) is 18.5 Å². The van der Waals surface area contributed by atoms with Gasteiger partial charge in [-0.15, -0.1) is 0 Å². The lowest BCUT2D eigenvalue weighted by atomic mass is 10.2. The van der Waals surface area contributed by atoms with E-state index >= 15 is 0 Å². The van der Waals surface area contributed by atoms with Crippen molar-refractivity contribution in [2.75, 3.05) is 11.4 Å². The Labute approximate surface area is 112 Å². The molecule has 3 N–H and O–H groups in total. The van der Waals surface area contributed by atoms with Gasteiger partial charge in [0.05, 0.1) is 11.9 Å². The van der Waals surface area contributed by atoms with Crippen molar-refractivity contribution in [1.29, 1.82) is 0 Å². The normalized spacial score (nSPS) is 11.5. The number of sulfonamides is 1. The number of hydrogen-bond donors (Lipinski definition) is 2. The fraction of sp³-hybridized carbons (Fsp3) is 0.250. The van der Waals surface area contributed by atoms with E-state index in [2.05, 4.69) is 10.2 Å². The van der Waals surface area contributed by atoms with Crippen LogP contribution in [0.1, 0.15) is 11.1 Å². The van der Waals surface area contributed by atoms with Gasteiger partial charge in [0.25, 0.3) is 10.0 Å². The summed E-state index contributed by atoms with van der Waals surface area (Å²) in [5, 5.41) is 6.29. The summed E-state index contributed by atoms with van der Waals surface area (Å²) in [6.07, 6.45) is 1.43. The third-order valence-corrected chi connectivity index (χ3v) is 4.68. The lowest BCUT2D eigenvalue weighted by Crippen LogP contribution is -2.28. The number of nitrogens with two attached hydrogens (primary N) is 1. The maximum absolute atomic E-state index is 12.5. The Morgan fingerprint density at radius 2 is 2.16 bits per heavy atom. The number of benzene rings is 1. The van der Waals surface area contributed by atoms with Crippen molar-refractivity contribution in [3.8, 4) is 0 Å². The van der Waals surface area contributed by atoms with Crippen molar-refractivity contribution >= 4 is 15.7 Å². The van der Waals surface area contributed by atoms with Crippen LogP contribution in [-0.4, -0.2) is 25.7 Å². The van der Waals surface area contributed by atoms with Crippen molar-refractivity contribution in [2.24, 2.45) is 5.73 Å². The van der Waals surface area contributed by atoms with Crippen LogP contribution in [0.25, 0.3) is 0 Å². The van der Waals surface area contributed by atoms with Crippen LogP contribution in [0.4, 0.5) is 5.69 Å². The second-order valence-electron chi connectivity index (χ2n) is 4.24. The van der Waals surface area contributed by atoms with Gasteiger partial charge >= 0.3 is 0 Å². The number of hydrogen-bond acceptors (Lipinski definition) is 4. The number of aromatic nitrogens is 2. The quantitative estimate of drug-likeness (QED) is 0.874. The van der Waals surface area contributed by atoms with Crippen LogP contribution in [0.15, 0.2) is 35.5 Å². The first-order valence-corrected chi connectivity index (χ1v) is 7.18. The van der Waals surface area contributed by atoms with Gasteiger partial charge in [-0.25, -0.2) is 0 Å².